The van der Waals surface area contributed by atoms with Crippen molar-refractivity contribution in [3.8, 4) is 0 Å². The van der Waals surface area contributed by atoms with Gasteiger partial charge in [-0.25, -0.2) is 0 Å². The van der Waals surface area contributed by atoms with E-state index in [0.717, 1.165) is 0 Å². The fourth-order valence-corrected chi connectivity index (χ4v) is 1.25. The van der Waals surface area contributed by atoms with E-state index in [9.17, 15) is 4.79 Å². The van der Waals surface area contributed by atoms with E-state index in [-0.39, 0.29) is 0 Å². The molecule has 0 heterocycles. The molecule has 1 aromatic carbocycles. The van der Waals surface area contributed by atoms with Gasteiger partial charge in [-0.15, -0.1) is 0 Å². The van der Waals surface area contributed by atoms with Crippen LogP contribution in [0.2, 0.25) is 0 Å². The zero-order chi connectivity index (χ0) is 10.6. The number of benzene rings is 1. The molecule has 0 saturated carbocycles. The Kier molecular flexibility index (Phi) is 3.62. The van der Waals surface area contributed by atoms with Crippen LogP contribution in [0, 0.1) is 0 Å². The summed E-state index contributed by atoms with van der Waals surface area (Å²) in [6, 6.07) is 8.20. The average molecular weight is 195 g/mol. The highest BCUT2D eigenvalue weighted by Gasteiger charge is 2.24. The van der Waals surface area contributed by atoms with Crippen molar-refractivity contribution in [3.63, 3.8) is 0 Å². The zero-order valence-electron chi connectivity index (χ0n) is 8.18. The number of carboxylic acid groups (broad SMARTS) is 1. The van der Waals surface area contributed by atoms with Crippen molar-refractivity contribution in [1.29, 1.82) is 0 Å². The number of nitrogens with zero attached hydrogens (tertiary/aromatic N) is 1. The Morgan fingerprint density at radius 1 is 1.43 bits per heavy atom. The summed E-state index contributed by atoms with van der Waals surface area (Å²) in [6.07, 6.45) is 0. The highest BCUT2D eigenvalue weighted by molar-refractivity contribution is 5.75. The minimum atomic E-state index is -0.930. The van der Waals surface area contributed by atoms with Gasteiger partial charge >= 0.3 is 5.97 Å². The molecule has 0 aromatic heterocycles. The molecule has 1 aromatic rings. The smallest absolute Gasteiger partial charge is 0.327 e. The molecule has 0 aliphatic rings. The van der Waals surface area contributed by atoms with Gasteiger partial charge in [0.1, 0.15) is 0 Å². The van der Waals surface area contributed by atoms with Crippen LogP contribution in [-0.4, -0.2) is 30.3 Å². The number of carboxylic acids is 1. The third-order valence-electron chi connectivity index (χ3n) is 2.00. The van der Waals surface area contributed by atoms with E-state index in [4.69, 9.17) is 9.94 Å². The number of hydrogen-bond donors (Lipinski definition) is 1. The second-order valence-corrected chi connectivity index (χ2v) is 2.88. The first-order chi connectivity index (χ1) is 6.66. The normalized spacial score (nSPS) is 12.8. The van der Waals surface area contributed by atoms with Gasteiger partial charge < -0.3 is 9.94 Å². The molecule has 1 rings (SSSR count). The molecule has 76 valence electrons. The van der Waals surface area contributed by atoms with Crippen molar-refractivity contribution >= 4 is 5.97 Å². The molecule has 1 atom stereocenters. The van der Waals surface area contributed by atoms with E-state index in [1.165, 1.54) is 12.2 Å². The molecular weight excluding hydrogens is 182 g/mol. The lowest BCUT2D eigenvalue weighted by molar-refractivity contribution is -0.175. The summed E-state index contributed by atoms with van der Waals surface area (Å²) in [5, 5.41) is 10.3. The van der Waals surface area contributed by atoms with Crippen LogP contribution in [0.15, 0.2) is 30.3 Å². The Morgan fingerprint density at radius 3 is 2.43 bits per heavy atom. The molecule has 0 saturated heterocycles. The second kappa shape index (κ2) is 4.74. The lowest BCUT2D eigenvalue weighted by Gasteiger charge is -2.22. The zero-order valence-corrected chi connectivity index (χ0v) is 8.18. The largest absolute Gasteiger partial charge is 0.480 e. The third kappa shape index (κ3) is 2.31. The molecule has 0 amide bonds. The van der Waals surface area contributed by atoms with E-state index in [1.54, 1.807) is 31.3 Å². The Morgan fingerprint density at radius 2 is 2.00 bits per heavy atom. The molecule has 1 N–H and O–H groups in total. The molecular formula is C10H13NO3. The number of rotatable bonds is 4. The van der Waals surface area contributed by atoms with Crippen LogP contribution in [0.4, 0.5) is 0 Å². The molecule has 0 radical (unpaired) electrons. The van der Waals surface area contributed by atoms with Crippen molar-refractivity contribution in [1.82, 2.24) is 5.06 Å². The maximum atomic E-state index is 11.0. The van der Waals surface area contributed by atoms with Gasteiger partial charge in [-0.05, 0) is 5.56 Å². The summed E-state index contributed by atoms with van der Waals surface area (Å²) in [5.74, 6) is -0.930. The van der Waals surface area contributed by atoms with Crippen molar-refractivity contribution in [2.45, 2.75) is 6.04 Å². The minimum Gasteiger partial charge on any atom is -0.480 e. The summed E-state index contributed by atoms with van der Waals surface area (Å²) in [7, 11) is 3.03. The molecule has 0 spiro atoms. The topological polar surface area (TPSA) is 49.8 Å². The van der Waals surface area contributed by atoms with Crippen molar-refractivity contribution in [3.05, 3.63) is 35.9 Å². The van der Waals surface area contributed by atoms with Gasteiger partial charge in [0, 0.05) is 7.05 Å². The minimum absolute atomic E-state index is 0.698. The third-order valence-corrected chi connectivity index (χ3v) is 2.00. The fourth-order valence-electron chi connectivity index (χ4n) is 1.25. The quantitative estimate of drug-likeness (QED) is 0.736. The van der Waals surface area contributed by atoms with E-state index in [1.807, 2.05) is 6.07 Å². The fraction of sp³-hybridized carbons (Fsp3) is 0.300. The predicted molar refractivity (Wildman–Crippen MR) is 51.6 cm³/mol. The van der Waals surface area contributed by atoms with Crippen LogP contribution in [0.25, 0.3) is 0 Å². The predicted octanol–water partition coefficient (Wildman–Crippen LogP) is 1.31. The summed E-state index contributed by atoms with van der Waals surface area (Å²) in [4.78, 5) is 15.9. The molecule has 1 unspecified atom stereocenters. The summed E-state index contributed by atoms with van der Waals surface area (Å²) in [5.41, 5.74) is 0.698. The number of hydroxylamine groups is 2. The van der Waals surface area contributed by atoms with Gasteiger partial charge in [-0.2, -0.15) is 5.06 Å². The summed E-state index contributed by atoms with van der Waals surface area (Å²) < 4.78 is 0. The van der Waals surface area contributed by atoms with E-state index < -0.39 is 12.0 Å². The monoisotopic (exact) mass is 195 g/mol. The van der Waals surface area contributed by atoms with Crippen molar-refractivity contribution in [2.75, 3.05) is 14.2 Å². The lowest BCUT2D eigenvalue weighted by Crippen LogP contribution is -2.29. The first-order valence-corrected chi connectivity index (χ1v) is 4.21. The molecule has 4 heteroatoms. The van der Waals surface area contributed by atoms with Crippen molar-refractivity contribution in [2.24, 2.45) is 0 Å². The van der Waals surface area contributed by atoms with E-state index in [0.29, 0.717) is 5.56 Å². The molecule has 4 nitrogen and oxygen atoms in total. The average Bonchev–Trinajstić information content (AvgIpc) is 2.19. The molecule has 0 bridgehead atoms. The number of hydrogen-bond acceptors (Lipinski definition) is 3. The maximum absolute atomic E-state index is 11.0. The summed E-state index contributed by atoms with van der Waals surface area (Å²) in [6.45, 7) is 0. The standard InChI is InChI=1S/C10H13NO3/c1-11(14-2)9(10(12)13)8-6-4-3-5-7-8/h3-7,9H,1-2H3,(H,12,13). The number of likely N-dealkylation sites (N-methyl/N-ethyl adjacent to an activating group) is 1. The van der Waals surface area contributed by atoms with Crippen LogP contribution in [-0.2, 0) is 9.63 Å². The molecule has 0 fully saturated rings. The highest BCUT2D eigenvalue weighted by atomic mass is 16.7. The van der Waals surface area contributed by atoms with Crippen LogP contribution in [0.1, 0.15) is 11.6 Å². The van der Waals surface area contributed by atoms with Crippen molar-refractivity contribution < 1.29 is 14.7 Å². The summed E-state index contributed by atoms with van der Waals surface area (Å²) >= 11 is 0. The van der Waals surface area contributed by atoms with Crippen LogP contribution in [0.5, 0.6) is 0 Å². The van der Waals surface area contributed by atoms with Gasteiger partial charge in [0.05, 0.1) is 7.11 Å². The number of carbonyl (C=O) groups is 1. The van der Waals surface area contributed by atoms with Crippen LogP contribution < -0.4 is 0 Å². The van der Waals surface area contributed by atoms with Crippen LogP contribution >= 0.6 is 0 Å². The highest BCUT2D eigenvalue weighted by Crippen LogP contribution is 2.18. The van der Waals surface area contributed by atoms with Gasteiger partial charge in [0.15, 0.2) is 6.04 Å². The Labute approximate surface area is 82.7 Å². The Bertz CT molecular complexity index is 299. The Hall–Kier alpha value is -1.39. The van der Waals surface area contributed by atoms with Gasteiger partial charge in [0.25, 0.3) is 0 Å². The van der Waals surface area contributed by atoms with E-state index in [2.05, 4.69) is 0 Å². The number of aliphatic carboxylic acids is 1. The Balaban J connectivity index is 2.95. The van der Waals surface area contributed by atoms with Gasteiger partial charge in [-0.1, -0.05) is 30.3 Å². The van der Waals surface area contributed by atoms with E-state index >= 15 is 0 Å². The molecule has 0 aliphatic carbocycles. The van der Waals surface area contributed by atoms with Gasteiger partial charge in [0.2, 0.25) is 0 Å². The first-order valence-electron chi connectivity index (χ1n) is 4.21. The first kappa shape index (κ1) is 10.7. The SMILES string of the molecule is CON(C)C(C(=O)O)c1ccccc1. The molecule has 14 heavy (non-hydrogen) atoms. The van der Waals surface area contributed by atoms with Crippen LogP contribution in [0.3, 0.4) is 0 Å². The maximum Gasteiger partial charge on any atom is 0.327 e. The van der Waals surface area contributed by atoms with Gasteiger partial charge in [-0.3, -0.25) is 4.79 Å². The lowest BCUT2D eigenvalue weighted by atomic mass is 10.1. The second-order valence-electron chi connectivity index (χ2n) is 2.88. The molecule has 0 aliphatic heterocycles.